The molecular weight excluding hydrogens is 284 g/mol. The summed E-state index contributed by atoms with van der Waals surface area (Å²) in [6, 6.07) is 9.48. The van der Waals surface area contributed by atoms with E-state index in [4.69, 9.17) is 10.00 Å². The van der Waals surface area contributed by atoms with Crippen molar-refractivity contribution < 1.29 is 4.74 Å². The third kappa shape index (κ3) is 3.29. The van der Waals surface area contributed by atoms with E-state index in [1.54, 1.807) is 4.68 Å². The highest BCUT2D eigenvalue weighted by atomic mass is 79.9. The van der Waals surface area contributed by atoms with Gasteiger partial charge in [-0.3, -0.25) is 0 Å². The molecule has 1 aromatic carbocycles. The van der Waals surface area contributed by atoms with Crippen LogP contribution in [0.15, 0.2) is 35.1 Å². The highest BCUT2D eigenvalue weighted by Crippen LogP contribution is 2.17. The van der Waals surface area contributed by atoms with Crippen LogP contribution in [0.1, 0.15) is 5.82 Å². The average Bonchev–Trinajstić information content (AvgIpc) is 2.77. The van der Waals surface area contributed by atoms with Crippen molar-refractivity contribution in [3.8, 4) is 11.8 Å². The van der Waals surface area contributed by atoms with Crippen molar-refractivity contribution in [3.63, 3.8) is 0 Å². The molecule has 0 fully saturated rings. The number of benzene rings is 1. The Morgan fingerprint density at radius 2 is 2.35 bits per heavy atom. The molecule has 1 heterocycles. The zero-order valence-corrected chi connectivity index (χ0v) is 10.5. The van der Waals surface area contributed by atoms with E-state index in [0.717, 1.165) is 10.2 Å². The van der Waals surface area contributed by atoms with Gasteiger partial charge in [-0.2, -0.15) is 5.26 Å². The van der Waals surface area contributed by atoms with E-state index in [1.165, 1.54) is 6.33 Å². The molecule has 86 valence electrons. The Labute approximate surface area is 107 Å². The maximum atomic E-state index is 8.56. The maximum Gasteiger partial charge on any atom is 0.252 e. The van der Waals surface area contributed by atoms with Gasteiger partial charge in [0.2, 0.25) is 0 Å². The molecule has 0 aliphatic rings. The van der Waals surface area contributed by atoms with Crippen LogP contribution in [0.5, 0.6) is 5.75 Å². The van der Waals surface area contributed by atoms with E-state index in [9.17, 15) is 0 Å². The molecule has 0 unspecified atom stereocenters. The number of hydrogen-bond donors (Lipinski definition) is 0. The van der Waals surface area contributed by atoms with E-state index in [-0.39, 0.29) is 5.82 Å². The van der Waals surface area contributed by atoms with Gasteiger partial charge in [-0.15, -0.1) is 5.10 Å². The monoisotopic (exact) mass is 292 g/mol. The second-order valence-corrected chi connectivity index (χ2v) is 4.16. The summed E-state index contributed by atoms with van der Waals surface area (Å²) in [6.45, 7) is 1.03. The molecule has 0 saturated heterocycles. The Morgan fingerprint density at radius 3 is 3.06 bits per heavy atom. The van der Waals surface area contributed by atoms with Crippen LogP contribution in [0.3, 0.4) is 0 Å². The molecule has 2 rings (SSSR count). The number of aromatic nitrogens is 3. The summed E-state index contributed by atoms with van der Waals surface area (Å²) in [5, 5.41) is 12.5. The summed E-state index contributed by atoms with van der Waals surface area (Å²) in [6.07, 6.45) is 1.52. The first-order valence-corrected chi connectivity index (χ1v) is 5.75. The number of hydrogen-bond acceptors (Lipinski definition) is 4. The molecule has 2 aromatic rings. The highest BCUT2D eigenvalue weighted by Gasteiger charge is 1.99. The molecule has 0 amide bonds. The number of halogens is 1. The van der Waals surface area contributed by atoms with Crippen molar-refractivity contribution in [2.24, 2.45) is 0 Å². The van der Waals surface area contributed by atoms with Gasteiger partial charge in [0.15, 0.2) is 0 Å². The van der Waals surface area contributed by atoms with E-state index in [0.29, 0.717) is 13.2 Å². The lowest BCUT2D eigenvalue weighted by molar-refractivity contribution is 0.291. The third-order valence-electron chi connectivity index (χ3n) is 2.02. The summed E-state index contributed by atoms with van der Waals surface area (Å²) >= 11 is 3.37. The summed E-state index contributed by atoms with van der Waals surface area (Å²) in [7, 11) is 0. The smallest absolute Gasteiger partial charge is 0.252 e. The molecule has 0 aliphatic carbocycles. The van der Waals surface area contributed by atoms with Crippen LogP contribution in [0.25, 0.3) is 0 Å². The van der Waals surface area contributed by atoms with Crippen LogP contribution in [0.4, 0.5) is 0 Å². The fourth-order valence-corrected chi connectivity index (χ4v) is 1.65. The van der Waals surface area contributed by atoms with Gasteiger partial charge in [0.05, 0.1) is 6.54 Å². The van der Waals surface area contributed by atoms with Crippen molar-refractivity contribution in [1.29, 1.82) is 5.26 Å². The lowest BCUT2D eigenvalue weighted by Crippen LogP contribution is -2.08. The van der Waals surface area contributed by atoms with Crippen molar-refractivity contribution in [1.82, 2.24) is 14.8 Å². The Balaban J connectivity index is 1.85. The molecule has 1 aromatic heterocycles. The largest absolute Gasteiger partial charge is 0.492 e. The van der Waals surface area contributed by atoms with Crippen LogP contribution < -0.4 is 4.74 Å². The average molecular weight is 293 g/mol. The normalized spacial score (nSPS) is 9.88. The van der Waals surface area contributed by atoms with Gasteiger partial charge in [-0.1, -0.05) is 22.0 Å². The van der Waals surface area contributed by atoms with E-state index >= 15 is 0 Å². The molecule has 17 heavy (non-hydrogen) atoms. The number of nitriles is 1. The van der Waals surface area contributed by atoms with Crippen LogP contribution >= 0.6 is 15.9 Å². The highest BCUT2D eigenvalue weighted by molar-refractivity contribution is 9.10. The Hall–Kier alpha value is -1.87. The fourth-order valence-electron chi connectivity index (χ4n) is 1.27. The molecule has 0 atom stereocenters. The number of nitrogens with zero attached hydrogens (tertiary/aromatic N) is 4. The second kappa shape index (κ2) is 5.46. The van der Waals surface area contributed by atoms with Gasteiger partial charge in [0.1, 0.15) is 24.8 Å². The van der Waals surface area contributed by atoms with E-state index < -0.39 is 0 Å². The molecule has 5 nitrogen and oxygen atoms in total. The standard InChI is InChI=1S/C11H9BrN4O/c12-9-2-1-3-10(6-9)17-5-4-16-8-14-11(7-13)15-16/h1-3,6,8H,4-5H2. The predicted octanol–water partition coefficient (Wildman–Crippen LogP) is 1.99. The van der Waals surface area contributed by atoms with Crippen molar-refractivity contribution in [2.45, 2.75) is 6.54 Å². The first-order chi connectivity index (χ1) is 8.28. The van der Waals surface area contributed by atoms with Crippen molar-refractivity contribution in [2.75, 3.05) is 6.61 Å². The van der Waals surface area contributed by atoms with Gasteiger partial charge in [-0.25, -0.2) is 9.67 Å². The molecule has 0 N–H and O–H groups in total. The van der Waals surface area contributed by atoms with Crippen molar-refractivity contribution >= 4 is 15.9 Å². The lowest BCUT2D eigenvalue weighted by Gasteiger charge is -2.05. The number of rotatable bonds is 4. The molecule has 0 spiro atoms. The first kappa shape index (κ1) is 11.6. The zero-order chi connectivity index (χ0) is 12.1. The van der Waals surface area contributed by atoms with Gasteiger partial charge in [-0.05, 0) is 18.2 Å². The molecule has 0 aliphatic heterocycles. The van der Waals surface area contributed by atoms with Gasteiger partial charge in [0, 0.05) is 4.47 Å². The Morgan fingerprint density at radius 1 is 1.47 bits per heavy atom. The summed E-state index contributed by atoms with van der Waals surface area (Å²) < 4.78 is 8.09. The minimum Gasteiger partial charge on any atom is -0.492 e. The fraction of sp³-hybridized carbons (Fsp3) is 0.182. The van der Waals surface area contributed by atoms with Crippen LogP contribution in [0.2, 0.25) is 0 Å². The van der Waals surface area contributed by atoms with Crippen molar-refractivity contribution in [3.05, 3.63) is 40.9 Å². The van der Waals surface area contributed by atoms with Gasteiger partial charge < -0.3 is 4.74 Å². The maximum absolute atomic E-state index is 8.56. The molecule has 0 bridgehead atoms. The quantitative estimate of drug-likeness (QED) is 0.864. The Kier molecular flexibility index (Phi) is 3.73. The second-order valence-electron chi connectivity index (χ2n) is 3.25. The molecule has 6 heteroatoms. The zero-order valence-electron chi connectivity index (χ0n) is 8.88. The summed E-state index contributed by atoms with van der Waals surface area (Å²) in [4.78, 5) is 3.80. The van der Waals surface area contributed by atoms with E-state index in [2.05, 4.69) is 26.0 Å². The summed E-state index contributed by atoms with van der Waals surface area (Å²) in [5.74, 6) is 0.965. The van der Waals surface area contributed by atoms with Crippen LogP contribution in [-0.2, 0) is 6.54 Å². The molecular formula is C11H9BrN4O. The van der Waals surface area contributed by atoms with Gasteiger partial charge in [0.25, 0.3) is 5.82 Å². The Bertz CT molecular complexity index is 546. The molecule has 0 saturated carbocycles. The minimum atomic E-state index is 0.174. The van der Waals surface area contributed by atoms with Crippen LogP contribution in [0, 0.1) is 11.3 Å². The van der Waals surface area contributed by atoms with Crippen LogP contribution in [-0.4, -0.2) is 21.4 Å². The predicted molar refractivity (Wildman–Crippen MR) is 64.4 cm³/mol. The van der Waals surface area contributed by atoms with Gasteiger partial charge >= 0.3 is 0 Å². The molecule has 0 radical (unpaired) electrons. The topological polar surface area (TPSA) is 63.7 Å². The minimum absolute atomic E-state index is 0.174. The SMILES string of the molecule is N#Cc1ncn(CCOc2cccc(Br)c2)n1. The lowest BCUT2D eigenvalue weighted by atomic mass is 10.3. The first-order valence-electron chi connectivity index (χ1n) is 4.96. The van der Waals surface area contributed by atoms with E-state index in [1.807, 2.05) is 30.3 Å². The third-order valence-corrected chi connectivity index (χ3v) is 2.51. The summed E-state index contributed by atoms with van der Waals surface area (Å²) in [5.41, 5.74) is 0. The number of ether oxygens (including phenoxy) is 1.